The Balaban J connectivity index is 1.48. The van der Waals surface area contributed by atoms with Crippen LogP contribution in [0.4, 0.5) is 0 Å². The van der Waals surface area contributed by atoms with Crippen molar-refractivity contribution in [2.45, 2.75) is 31.6 Å². The molecule has 1 aliphatic rings. The van der Waals surface area contributed by atoms with Crippen LogP contribution in [0.15, 0.2) is 47.4 Å². The summed E-state index contributed by atoms with van der Waals surface area (Å²) in [6, 6.07) is 12.5. The highest BCUT2D eigenvalue weighted by molar-refractivity contribution is 7.89. The molecule has 0 bridgehead atoms. The van der Waals surface area contributed by atoms with Crippen LogP contribution in [0.2, 0.25) is 0 Å². The van der Waals surface area contributed by atoms with E-state index in [9.17, 15) is 18.0 Å². The number of aryl methyl sites for hydroxylation is 3. The van der Waals surface area contributed by atoms with E-state index in [1.165, 1.54) is 22.0 Å². The third-order valence-corrected chi connectivity index (χ3v) is 7.47. The number of nitrogens with one attached hydrogen (secondary N) is 1. The van der Waals surface area contributed by atoms with Crippen LogP contribution in [0.3, 0.4) is 0 Å². The number of ether oxygens (including phenoxy) is 2. The number of sulfonamides is 1. The first kappa shape index (κ1) is 24.9. The van der Waals surface area contributed by atoms with Crippen molar-refractivity contribution in [1.29, 1.82) is 0 Å². The van der Waals surface area contributed by atoms with Gasteiger partial charge in [0.1, 0.15) is 6.61 Å². The lowest BCUT2D eigenvalue weighted by Gasteiger charge is -2.26. The van der Waals surface area contributed by atoms with Gasteiger partial charge in [-0.3, -0.25) is 4.79 Å². The van der Waals surface area contributed by atoms with Gasteiger partial charge < -0.3 is 14.8 Å². The van der Waals surface area contributed by atoms with Gasteiger partial charge in [0, 0.05) is 19.5 Å². The van der Waals surface area contributed by atoms with Crippen LogP contribution < -0.4 is 5.32 Å². The van der Waals surface area contributed by atoms with Gasteiger partial charge in [-0.2, -0.15) is 4.31 Å². The quantitative estimate of drug-likeness (QED) is 0.442. The van der Waals surface area contributed by atoms with E-state index in [2.05, 4.69) is 5.32 Å². The fraction of sp³-hybridized carbons (Fsp3) is 0.417. The van der Waals surface area contributed by atoms with Crippen LogP contribution >= 0.6 is 0 Å². The topological polar surface area (TPSA) is 102 Å². The molecule has 178 valence electrons. The smallest absolute Gasteiger partial charge is 0.338 e. The Labute approximate surface area is 194 Å². The number of hydrogen-bond acceptors (Lipinski definition) is 6. The maximum atomic E-state index is 13.0. The van der Waals surface area contributed by atoms with Crippen LogP contribution in [-0.4, -0.2) is 64.1 Å². The molecule has 1 fully saturated rings. The minimum atomic E-state index is -3.73. The van der Waals surface area contributed by atoms with Gasteiger partial charge in [0.15, 0.2) is 0 Å². The summed E-state index contributed by atoms with van der Waals surface area (Å²) >= 11 is 0. The molecule has 1 saturated heterocycles. The van der Waals surface area contributed by atoms with Crippen molar-refractivity contribution in [2.24, 2.45) is 0 Å². The number of hydrogen-bond donors (Lipinski definition) is 1. The number of benzene rings is 2. The fourth-order valence-corrected chi connectivity index (χ4v) is 5.11. The van der Waals surface area contributed by atoms with E-state index in [1.807, 2.05) is 31.2 Å². The Bertz CT molecular complexity index is 1080. The van der Waals surface area contributed by atoms with E-state index in [1.54, 1.807) is 13.0 Å². The van der Waals surface area contributed by atoms with Crippen molar-refractivity contribution >= 4 is 21.9 Å². The number of esters is 1. The highest BCUT2D eigenvalue weighted by Gasteiger charge is 2.28. The van der Waals surface area contributed by atoms with Gasteiger partial charge in [0.2, 0.25) is 15.9 Å². The van der Waals surface area contributed by atoms with Crippen molar-refractivity contribution < 1.29 is 27.5 Å². The first-order chi connectivity index (χ1) is 15.8. The Morgan fingerprint density at radius 2 is 1.76 bits per heavy atom. The van der Waals surface area contributed by atoms with Crippen molar-refractivity contribution in [1.82, 2.24) is 9.62 Å². The summed E-state index contributed by atoms with van der Waals surface area (Å²) in [5, 5.41) is 2.73. The second kappa shape index (κ2) is 11.4. The van der Waals surface area contributed by atoms with E-state index in [4.69, 9.17) is 9.47 Å². The molecule has 9 heteroatoms. The van der Waals surface area contributed by atoms with Crippen molar-refractivity contribution in [3.05, 3.63) is 64.7 Å². The molecule has 0 atom stereocenters. The molecule has 0 aliphatic carbocycles. The second-order valence-electron chi connectivity index (χ2n) is 7.97. The molecule has 0 unspecified atom stereocenters. The highest BCUT2D eigenvalue weighted by Crippen LogP contribution is 2.22. The molecule has 2 aromatic rings. The average molecular weight is 475 g/mol. The second-order valence-corrected chi connectivity index (χ2v) is 9.87. The summed E-state index contributed by atoms with van der Waals surface area (Å²) in [5.41, 5.74) is 2.96. The largest absolute Gasteiger partial charge is 0.460 e. The number of nitrogens with zero attached hydrogens (tertiary/aromatic N) is 1. The summed E-state index contributed by atoms with van der Waals surface area (Å²) in [7, 11) is -3.73. The molecule has 0 radical (unpaired) electrons. The first-order valence-electron chi connectivity index (χ1n) is 11.0. The van der Waals surface area contributed by atoms with Gasteiger partial charge in [-0.05, 0) is 43.5 Å². The van der Waals surface area contributed by atoms with Crippen LogP contribution in [0.5, 0.6) is 0 Å². The van der Waals surface area contributed by atoms with Gasteiger partial charge in [0.05, 0.1) is 30.2 Å². The Morgan fingerprint density at radius 1 is 1.06 bits per heavy atom. The molecular weight excluding hydrogens is 444 g/mol. The molecular formula is C24H30N2O6S. The summed E-state index contributed by atoms with van der Waals surface area (Å²) in [4.78, 5) is 24.5. The normalized spacial score (nSPS) is 14.6. The summed E-state index contributed by atoms with van der Waals surface area (Å²) < 4.78 is 37.8. The first-order valence-corrected chi connectivity index (χ1v) is 12.4. The van der Waals surface area contributed by atoms with Crippen LogP contribution in [0, 0.1) is 13.8 Å². The number of morpholine rings is 1. The molecule has 1 N–H and O–H groups in total. The van der Waals surface area contributed by atoms with E-state index in [0.29, 0.717) is 31.6 Å². The lowest BCUT2D eigenvalue weighted by Crippen LogP contribution is -2.40. The SMILES string of the molecule is Cc1ccc(CCC(=O)NCCOC(=O)c2ccc(C)c(S(=O)(=O)N3CCOCC3)c2)cc1. The predicted molar refractivity (Wildman–Crippen MR) is 124 cm³/mol. The maximum Gasteiger partial charge on any atom is 0.338 e. The average Bonchev–Trinajstić information content (AvgIpc) is 2.82. The molecule has 8 nitrogen and oxygen atoms in total. The zero-order valence-corrected chi connectivity index (χ0v) is 19.8. The Kier molecular flexibility index (Phi) is 8.60. The summed E-state index contributed by atoms with van der Waals surface area (Å²) in [6.07, 6.45) is 0.980. The van der Waals surface area contributed by atoms with Crippen LogP contribution in [-0.2, 0) is 30.7 Å². The van der Waals surface area contributed by atoms with E-state index in [-0.39, 0.29) is 42.6 Å². The highest BCUT2D eigenvalue weighted by atomic mass is 32.2. The minimum Gasteiger partial charge on any atom is -0.460 e. The molecule has 3 rings (SSSR count). The third-order valence-electron chi connectivity index (χ3n) is 5.43. The Hall–Kier alpha value is -2.75. The van der Waals surface area contributed by atoms with Gasteiger partial charge >= 0.3 is 5.97 Å². The zero-order chi connectivity index (χ0) is 23.8. The van der Waals surface area contributed by atoms with Gasteiger partial charge in [0.25, 0.3) is 0 Å². The number of rotatable bonds is 9. The van der Waals surface area contributed by atoms with E-state index < -0.39 is 16.0 Å². The minimum absolute atomic E-state index is 0.00543. The summed E-state index contributed by atoms with van der Waals surface area (Å²) in [6.45, 7) is 5.12. The maximum absolute atomic E-state index is 13.0. The molecule has 0 spiro atoms. The molecule has 1 heterocycles. The monoisotopic (exact) mass is 474 g/mol. The van der Waals surface area contributed by atoms with Crippen LogP contribution in [0.25, 0.3) is 0 Å². The third kappa shape index (κ3) is 6.86. The van der Waals surface area contributed by atoms with Gasteiger partial charge in [-0.25, -0.2) is 13.2 Å². The van der Waals surface area contributed by atoms with E-state index in [0.717, 1.165) is 5.56 Å². The molecule has 2 aromatic carbocycles. The molecule has 1 aliphatic heterocycles. The van der Waals surface area contributed by atoms with Gasteiger partial charge in [-0.1, -0.05) is 35.9 Å². The summed E-state index contributed by atoms with van der Waals surface area (Å²) in [5.74, 6) is -0.761. The molecule has 0 saturated carbocycles. The zero-order valence-electron chi connectivity index (χ0n) is 19.0. The van der Waals surface area contributed by atoms with Crippen molar-refractivity contribution in [3.8, 4) is 0 Å². The molecule has 1 amide bonds. The Morgan fingerprint density at radius 3 is 2.45 bits per heavy atom. The van der Waals surface area contributed by atoms with Crippen LogP contribution in [0.1, 0.15) is 33.5 Å². The van der Waals surface area contributed by atoms with Crippen molar-refractivity contribution in [3.63, 3.8) is 0 Å². The van der Waals surface area contributed by atoms with Gasteiger partial charge in [-0.15, -0.1) is 0 Å². The number of amides is 1. The number of carbonyl (C=O) groups is 2. The molecule has 33 heavy (non-hydrogen) atoms. The lowest BCUT2D eigenvalue weighted by molar-refractivity contribution is -0.121. The lowest BCUT2D eigenvalue weighted by atomic mass is 10.1. The fourth-order valence-electron chi connectivity index (χ4n) is 3.45. The van der Waals surface area contributed by atoms with E-state index >= 15 is 0 Å². The standard InChI is InChI=1S/C24H30N2O6S/c1-18-3-6-20(7-4-18)8-10-23(27)25-11-14-32-24(28)21-9-5-19(2)22(17-21)33(29,30)26-12-15-31-16-13-26/h3-7,9,17H,8,10-16H2,1-2H3,(H,25,27). The molecule has 0 aromatic heterocycles. The number of carbonyl (C=O) groups excluding carboxylic acids is 2. The predicted octanol–water partition coefficient (Wildman–Crippen LogP) is 2.23. The van der Waals surface area contributed by atoms with Crippen molar-refractivity contribution in [2.75, 3.05) is 39.5 Å².